The molecule has 0 radical (unpaired) electrons. The largest absolute Gasteiger partial charge is 0.388 e. The quantitative estimate of drug-likeness (QED) is 0.450. The molecule has 0 aromatic heterocycles. The molecule has 0 aromatic carbocycles. The summed E-state index contributed by atoms with van der Waals surface area (Å²) < 4.78 is 5.07. The average Bonchev–Trinajstić information content (AvgIpc) is 2.34. The Hall–Kier alpha value is 0.340. The molecule has 1 aliphatic rings. The lowest BCUT2D eigenvalue weighted by Gasteiger charge is -2.40. The normalized spacial score (nSPS) is 37.2. The maximum atomic E-state index is 9.77. The van der Waals surface area contributed by atoms with Gasteiger partial charge in [-0.1, -0.05) is 0 Å². The van der Waals surface area contributed by atoms with Crippen molar-refractivity contribution in [3.63, 3.8) is 0 Å². The fraction of sp³-hybridized carbons (Fsp3) is 1.00. The highest BCUT2D eigenvalue weighted by Crippen LogP contribution is 2.20. The summed E-state index contributed by atoms with van der Waals surface area (Å²) in [6.45, 7) is 1.37. The molecule has 1 saturated heterocycles. The summed E-state index contributed by atoms with van der Waals surface area (Å²) in [7, 11) is 0. The zero-order chi connectivity index (χ0) is 13.7. The first-order valence-corrected chi connectivity index (χ1v) is 6.80. The molecule has 8 heteroatoms. The van der Waals surface area contributed by atoms with Gasteiger partial charge in [-0.25, -0.2) is 0 Å². The van der Waals surface area contributed by atoms with E-state index in [1.807, 2.05) is 4.90 Å². The van der Waals surface area contributed by atoms with Gasteiger partial charge in [0.2, 0.25) is 0 Å². The minimum absolute atomic E-state index is 0.265. The minimum Gasteiger partial charge on any atom is -0.388 e. The van der Waals surface area contributed by atoms with E-state index in [1.165, 1.54) is 0 Å². The molecule has 0 aromatic rings. The molecule has 0 spiro atoms. The predicted octanol–water partition coefficient (Wildman–Crippen LogP) is -1.43. The molecule has 1 fully saturated rings. The Morgan fingerprint density at radius 2 is 1.44 bits per heavy atom. The molecule has 1 heterocycles. The second kappa shape index (κ2) is 7.81. The summed E-state index contributed by atoms with van der Waals surface area (Å²) in [5, 5.41) is 38.1. The molecule has 0 unspecified atom stereocenters. The zero-order valence-corrected chi connectivity index (χ0v) is 11.3. The van der Waals surface area contributed by atoms with Gasteiger partial charge in [0, 0.05) is 31.4 Å². The minimum atomic E-state index is -1.51. The van der Waals surface area contributed by atoms with Crippen LogP contribution in [-0.4, -0.2) is 87.4 Å². The molecule has 1 aliphatic heterocycles. The van der Waals surface area contributed by atoms with Crippen molar-refractivity contribution in [1.29, 1.82) is 0 Å². The van der Waals surface area contributed by atoms with E-state index < -0.39 is 30.7 Å². The van der Waals surface area contributed by atoms with Crippen LogP contribution in [0.1, 0.15) is 0 Å². The maximum Gasteiger partial charge on any atom is 0.184 e. The number of nitrogens with zero attached hydrogens (tertiary/aromatic N) is 1. The van der Waals surface area contributed by atoms with Crippen LogP contribution < -0.4 is 0 Å². The topological polar surface area (TPSA) is 93.4 Å². The van der Waals surface area contributed by atoms with Crippen molar-refractivity contribution in [2.45, 2.75) is 30.7 Å². The van der Waals surface area contributed by atoms with Gasteiger partial charge >= 0.3 is 0 Å². The highest BCUT2D eigenvalue weighted by Gasteiger charge is 2.43. The molecule has 108 valence electrons. The second-order valence-electron chi connectivity index (χ2n) is 4.22. The fourth-order valence-electron chi connectivity index (χ4n) is 1.87. The van der Waals surface area contributed by atoms with E-state index in [0.717, 1.165) is 0 Å². The lowest BCUT2D eigenvalue weighted by Crippen LogP contribution is -2.60. The van der Waals surface area contributed by atoms with Crippen LogP contribution in [0.2, 0.25) is 0 Å². The number of rotatable bonds is 6. The number of alkyl halides is 2. The summed E-state index contributed by atoms with van der Waals surface area (Å²) in [6.07, 6.45) is -6.53. The standard InChI is InChI=1S/C10H19Cl2NO5/c11-1-3-13(4-2-12)5-6-7(14)8(15)9(16)10(17)18-6/h6-10,14-17H,1-5H2/t6-,7+,8+,9-,10+/m1/s1. The van der Waals surface area contributed by atoms with Gasteiger partial charge in [0.1, 0.15) is 24.4 Å². The van der Waals surface area contributed by atoms with Gasteiger partial charge in [-0.3, -0.25) is 4.90 Å². The van der Waals surface area contributed by atoms with Gasteiger partial charge in [0.15, 0.2) is 6.29 Å². The molecule has 0 amide bonds. The molecule has 5 atom stereocenters. The summed E-state index contributed by atoms with van der Waals surface area (Å²) in [5.74, 6) is 0.793. The maximum absolute atomic E-state index is 9.77. The molecule has 6 nitrogen and oxygen atoms in total. The third kappa shape index (κ3) is 4.18. The van der Waals surface area contributed by atoms with Crippen LogP contribution in [0.4, 0.5) is 0 Å². The Morgan fingerprint density at radius 3 is 1.94 bits per heavy atom. The smallest absolute Gasteiger partial charge is 0.184 e. The Kier molecular flexibility index (Phi) is 7.12. The van der Waals surface area contributed by atoms with Crippen molar-refractivity contribution in [1.82, 2.24) is 4.90 Å². The Labute approximate surface area is 116 Å². The number of hydrogen-bond acceptors (Lipinski definition) is 6. The summed E-state index contributed by atoms with van der Waals surface area (Å²) in [4.78, 5) is 1.85. The van der Waals surface area contributed by atoms with Crippen molar-refractivity contribution >= 4 is 23.2 Å². The Morgan fingerprint density at radius 1 is 0.889 bits per heavy atom. The predicted molar refractivity (Wildman–Crippen MR) is 66.8 cm³/mol. The van der Waals surface area contributed by atoms with Crippen LogP contribution in [0.25, 0.3) is 0 Å². The summed E-state index contributed by atoms with van der Waals surface area (Å²) >= 11 is 11.3. The van der Waals surface area contributed by atoms with Gasteiger partial charge in [0.25, 0.3) is 0 Å². The first-order chi connectivity index (χ1) is 8.51. The van der Waals surface area contributed by atoms with Crippen molar-refractivity contribution in [3.05, 3.63) is 0 Å². The van der Waals surface area contributed by atoms with Crippen molar-refractivity contribution in [2.75, 3.05) is 31.4 Å². The van der Waals surface area contributed by atoms with Crippen molar-refractivity contribution in [2.24, 2.45) is 0 Å². The van der Waals surface area contributed by atoms with E-state index in [9.17, 15) is 20.4 Å². The first-order valence-electron chi connectivity index (χ1n) is 5.73. The highest BCUT2D eigenvalue weighted by atomic mass is 35.5. The average molecular weight is 304 g/mol. The van der Waals surface area contributed by atoms with E-state index in [0.29, 0.717) is 24.8 Å². The van der Waals surface area contributed by atoms with Gasteiger partial charge < -0.3 is 25.2 Å². The third-order valence-electron chi connectivity index (χ3n) is 2.93. The lowest BCUT2D eigenvalue weighted by molar-refractivity contribution is -0.283. The third-order valence-corrected chi connectivity index (χ3v) is 3.26. The van der Waals surface area contributed by atoms with Crippen molar-refractivity contribution < 1.29 is 25.2 Å². The highest BCUT2D eigenvalue weighted by molar-refractivity contribution is 6.18. The molecule has 0 saturated carbocycles. The van der Waals surface area contributed by atoms with Crippen LogP contribution in [0, 0.1) is 0 Å². The monoisotopic (exact) mass is 303 g/mol. The number of aliphatic hydroxyl groups is 4. The molecule has 0 bridgehead atoms. The van der Waals surface area contributed by atoms with Crippen LogP contribution in [0.5, 0.6) is 0 Å². The van der Waals surface area contributed by atoms with Crippen LogP contribution in [0.3, 0.4) is 0 Å². The van der Waals surface area contributed by atoms with Gasteiger partial charge in [-0.05, 0) is 0 Å². The Balaban J connectivity index is 2.58. The van der Waals surface area contributed by atoms with Crippen molar-refractivity contribution in [3.8, 4) is 0 Å². The van der Waals surface area contributed by atoms with Gasteiger partial charge in [-0.15, -0.1) is 23.2 Å². The molecule has 0 aliphatic carbocycles. The van der Waals surface area contributed by atoms with Crippen LogP contribution in [0.15, 0.2) is 0 Å². The van der Waals surface area contributed by atoms with E-state index >= 15 is 0 Å². The zero-order valence-electron chi connectivity index (χ0n) is 9.82. The van der Waals surface area contributed by atoms with Gasteiger partial charge in [0.05, 0.1) is 0 Å². The fourth-order valence-corrected chi connectivity index (χ4v) is 2.35. The molecule has 4 N–H and O–H groups in total. The van der Waals surface area contributed by atoms with E-state index in [-0.39, 0.29) is 6.54 Å². The summed E-state index contributed by atoms with van der Waals surface area (Å²) in [5.41, 5.74) is 0. The van der Waals surface area contributed by atoms with E-state index in [4.69, 9.17) is 27.9 Å². The number of halogens is 2. The molecule has 18 heavy (non-hydrogen) atoms. The first kappa shape index (κ1) is 16.4. The molecular weight excluding hydrogens is 285 g/mol. The number of aliphatic hydroxyl groups excluding tert-OH is 4. The van der Waals surface area contributed by atoms with Crippen LogP contribution >= 0.6 is 23.2 Å². The number of hydrogen-bond donors (Lipinski definition) is 4. The molecular formula is C10H19Cl2NO5. The van der Waals surface area contributed by atoms with Gasteiger partial charge in [-0.2, -0.15) is 0 Å². The SMILES string of the molecule is O[C@@H]1[C@@H](O)[C@@H](O)O[C@H](CN(CCCl)CCCl)[C@@H]1O. The lowest BCUT2D eigenvalue weighted by atomic mass is 9.98. The second-order valence-corrected chi connectivity index (χ2v) is 4.97. The van der Waals surface area contributed by atoms with Crippen LogP contribution in [-0.2, 0) is 4.74 Å². The number of ether oxygens (including phenoxy) is 1. The summed E-state index contributed by atoms with van der Waals surface area (Å²) in [6, 6.07) is 0. The van der Waals surface area contributed by atoms with E-state index in [2.05, 4.69) is 0 Å². The Bertz CT molecular complexity index is 242. The van der Waals surface area contributed by atoms with E-state index in [1.54, 1.807) is 0 Å². The molecule has 1 rings (SSSR count).